The number of methoxy groups -OCH3 is 2. The molecule has 0 unspecified atom stereocenters. The molecule has 0 saturated carbocycles. The van der Waals surface area contributed by atoms with Crippen LogP contribution in [-0.4, -0.2) is 59.8 Å². The van der Waals surface area contributed by atoms with Gasteiger partial charge in [0, 0.05) is 12.6 Å². The molecule has 0 aliphatic heterocycles. The number of rotatable bonds is 12. The molecule has 3 rings (SSSR count). The third kappa shape index (κ3) is 5.94. The van der Waals surface area contributed by atoms with E-state index in [4.69, 9.17) is 14.5 Å². The van der Waals surface area contributed by atoms with Crippen LogP contribution >= 0.6 is 11.8 Å². The highest BCUT2D eigenvalue weighted by Gasteiger charge is 2.17. The highest BCUT2D eigenvalue weighted by Crippen LogP contribution is 2.27. The van der Waals surface area contributed by atoms with Crippen LogP contribution in [0.25, 0.3) is 10.9 Å². The number of hydrogen-bond donors (Lipinski definition) is 0. The Morgan fingerprint density at radius 3 is 2.55 bits per heavy atom. The summed E-state index contributed by atoms with van der Waals surface area (Å²) in [7, 11) is 3.09. The SMILES string of the molecule is CCN(CC)CCCn1c(SCC(=O)c2ccc(OC)cc2OC)nc2ccccc2c1=O. The van der Waals surface area contributed by atoms with Crippen molar-refractivity contribution in [3.05, 3.63) is 58.4 Å². The Kier molecular flexibility index (Phi) is 8.91. The topological polar surface area (TPSA) is 73.7 Å². The maximum Gasteiger partial charge on any atom is 0.262 e. The molecule has 3 aromatic rings. The Balaban J connectivity index is 1.85. The van der Waals surface area contributed by atoms with Gasteiger partial charge in [0.05, 0.1) is 36.4 Å². The summed E-state index contributed by atoms with van der Waals surface area (Å²) in [4.78, 5) is 33.2. The fraction of sp³-hybridized carbons (Fsp3) is 0.400. The summed E-state index contributed by atoms with van der Waals surface area (Å²) in [6.07, 6.45) is 0.829. The van der Waals surface area contributed by atoms with Gasteiger partial charge in [-0.1, -0.05) is 37.7 Å². The van der Waals surface area contributed by atoms with E-state index in [9.17, 15) is 9.59 Å². The van der Waals surface area contributed by atoms with E-state index in [0.717, 1.165) is 26.1 Å². The summed E-state index contributed by atoms with van der Waals surface area (Å²) in [5.74, 6) is 1.12. The lowest BCUT2D eigenvalue weighted by molar-refractivity contribution is 0.101. The smallest absolute Gasteiger partial charge is 0.262 e. The van der Waals surface area contributed by atoms with Crippen molar-refractivity contribution in [1.29, 1.82) is 0 Å². The number of ketones is 1. The van der Waals surface area contributed by atoms with Crippen molar-refractivity contribution in [2.75, 3.05) is 39.6 Å². The second kappa shape index (κ2) is 11.9. The zero-order valence-electron chi connectivity index (χ0n) is 19.7. The van der Waals surface area contributed by atoms with Crippen LogP contribution < -0.4 is 15.0 Å². The van der Waals surface area contributed by atoms with E-state index in [1.54, 1.807) is 35.9 Å². The fourth-order valence-electron chi connectivity index (χ4n) is 3.68. The van der Waals surface area contributed by atoms with E-state index in [-0.39, 0.29) is 17.1 Å². The van der Waals surface area contributed by atoms with Gasteiger partial charge in [0.1, 0.15) is 11.5 Å². The lowest BCUT2D eigenvalue weighted by atomic mass is 10.1. The number of carbonyl (C=O) groups excluding carboxylic acids is 1. The van der Waals surface area contributed by atoms with E-state index < -0.39 is 0 Å². The molecule has 0 saturated heterocycles. The van der Waals surface area contributed by atoms with Crippen LogP contribution in [0.15, 0.2) is 52.4 Å². The predicted octanol–water partition coefficient (Wildman–Crippen LogP) is 4.12. The molecule has 0 radical (unpaired) electrons. The normalized spacial score (nSPS) is 11.2. The number of hydrogen-bond acceptors (Lipinski definition) is 7. The zero-order chi connectivity index (χ0) is 23.8. The predicted molar refractivity (Wildman–Crippen MR) is 133 cm³/mol. The van der Waals surface area contributed by atoms with Gasteiger partial charge in [-0.05, 0) is 50.3 Å². The van der Waals surface area contributed by atoms with E-state index in [1.165, 1.54) is 18.9 Å². The first-order chi connectivity index (χ1) is 16.0. The quantitative estimate of drug-likeness (QED) is 0.224. The van der Waals surface area contributed by atoms with Crippen LogP contribution in [0.2, 0.25) is 0 Å². The number of benzene rings is 2. The maximum absolute atomic E-state index is 13.2. The molecule has 1 heterocycles. The van der Waals surface area contributed by atoms with E-state index >= 15 is 0 Å². The van der Waals surface area contributed by atoms with Gasteiger partial charge in [-0.25, -0.2) is 4.98 Å². The first-order valence-electron chi connectivity index (χ1n) is 11.1. The van der Waals surface area contributed by atoms with Crippen molar-refractivity contribution in [1.82, 2.24) is 14.5 Å². The molecule has 0 spiro atoms. The van der Waals surface area contributed by atoms with Gasteiger partial charge in [0.2, 0.25) is 0 Å². The monoisotopic (exact) mass is 469 g/mol. The second-order valence-corrected chi connectivity index (χ2v) is 8.47. The number of carbonyl (C=O) groups is 1. The van der Waals surface area contributed by atoms with Gasteiger partial charge < -0.3 is 14.4 Å². The Morgan fingerprint density at radius 2 is 1.85 bits per heavy atom. The third-order valence-electron chi connectivity index (χ3n) is 5.62. The summed E-state index contributed by atoms with van der Waals surface area (Å²) in [6.45, 7) is 7.66. The first-order valence-corrected chi connectivity index (χ1v) is 12.1. The van der Waals surface area contributed by atoms with Crippen LogP contribution in [-0.2, 0) is 6.54 Å². The van der Waals surface area contributed by atoms with Crippen LogP contribution in [0.1, 0.15) is 30.6 Å². The van der Waals surface area contributed by atoms with Crippen LogP contribution in [0, 0.1) is 0 Å². The summed E-state index contributed by atoms with van der Waals surface area (Å²) in [6, 6.07) is 12.5. The van der Waals surface area contributed by atoms with Gasteiger partial charge >= 0.3 is 0 Å². The van der Waals surface area contributed by atoms with Gasteiger partial charge in [-0.15, -0.1) is 0 Å². The van der Waals surface area contributed by atoms with Gasteiger partial charge in [0.15, 0.2) is 10.9 Å². The fourth-order valence-corrected chi connectivity index (χ4v) is 4.59. The first kappa shape index (κ1) is 24.8. The average molecular weight is 470 g/mol. The van der Waals surface area contributed by atoms with Crippen molar-refractivity contribution in [2.45, 2.75) is 32.0 Å². The number of fused-ring (bicyclic) bond motifs is 1. The minimum Gasteiger partial charge on any atom is -0.497 e. The average Bonchev–Trinajstić information content (AvgIpc) is 2.86. The number of Topliss-reactive ketones (excluding diaryl/α,β-unsaturated/α-hetero) is 1. The molecule has 0 N–H and O–H groups in total. The molecule has 2 aromatic carbocycles. The molecular weight excluding hydrogens is 438 g/mol. The van der Waals surface area contributed by atoms with E-state index in [1.807, 2.05) is 18.2 Å². The minimum atomic E-state index is -0.100. The molecular formula is C25H31N3O4S. The largest absolute Gasteiger partial charge is 0.497 e. The molecule has 1 aromatic heterocycles. The van der Waals surface area contributed by atoms with Gasteiger partial charge in [0.25, 0.3) is 5.56 Å². The Labute approximate surface area is 198 Å². The highest BCUT2D eigenvalue weighted by molar-refractivity contribution is 7.99. The molecule has 0 aliphatic carbocycles. The molecule has 0 bridgehead atoms. The van der Waals surface area contributed by atoms with E-state index in [2.05, 4.69) is 18.7 Å². The summed E-state index contributed by atoms with van der Waals surface area (Å²) in [5.41, 5.74) is 1.04. The second-order valence-electron chi connectivity index (χ2n) is 7.53. The van der Waals surface area contributed by atoms with Crippen molar-refractivity contribution in [3.63, 3.8) is 0 Å². The van der Waals surface area contributed by atoms with Crippen molar-refractivity contribution < 1.29 is 14.3 Å². The van der Waals surface area contributed by atoms with Gasteiger partial charge in [-0.2, -0.15) is 0 Å². The Bertz CT molecular complexity index is 1160. The maximum atomic E-state index is 13.2. The molecule has 0 fully saturated rings. The van der Waals surface area contributed by atoms with Crippen LogP contribution in [0.4, 0.5) is 0 Å². The molecule has 8 heteroatoms. The number of para-hydroxylation sites is 1. The molecule has 33 heavy (non-hydrogen) atoms. The highest BCUT2D eigenvalue weighted by atomic mass is 32.2. The Hall–Kier alpha value is -2.84. The van der Waals surface area contributed by atoms with Crippen LogP contribution in [0.3, 0.4) is 0 Å². The van der Waals surface area contributed by atoms with Gasteiger partial charge in [-0.3, -0.25) is 14.2 Å². The Morgan fingerprint density at radius 1 is 1.09 bits per heavy atom. The molecule has 0 amide bonds. The summed E-state index contributed by atoms with van der Waals surface area (Å²) < 4.78 is 12.3. The van der Waals surface area contributed by atoms with Crippen molar-refractivity contribution in [3.8, 4) is 11.5 Å². The lowest BCUT2D eigenvalue weighted by Gasteiger charge is -2.19. The standard InChI is InChI=1S/C25H31N3O4S/c1-5-27(6-2)14-9-15-28-24(30)19-10-7-8-11-21(19)26-25(28)33-17-22(29)20-13-12-18(31-3)16-23(20)32-4/h7-8,10-13,16H,5-6,9,14-15,17H2,1-4H3. The number of aromatic nitrogens is 2. The van der Waals surface area contributed by atoms with Crippen LogP contribution in [0.5, 0.6) is 11.5 Å². The van der Waals surface area contributed by atoms with Crippen molar-refractivity contribution in [2.24, 2.45) is 0 Å². The summed E-state index contributed by atoms with van der Waals surface area (Å²) in [5, 5.41) is 1.15. The van der Waals surface area contributed by atoms with E-state index in [0.29, 0.717) is 39.7 Å². The lowest BCUT2D eigenvalue weighted by Crippen LogP contribution is -2.28. The number of nitrogens with zero attached hydrogens (tertiary/aromatic N) is 3. The number of ether oxygens (including phenoxy) is 2. The molecule has 0 atom stereocenters. The minimum absolute atomic E-state index is 0.0721. The molecule has 176 valence electrons. The molecule has 7 nitrogen and oxygen atoms in total. The summed E-state index contributed by atoms with van der Waals surface area (Å²) >= 11 is 1.28. The number of thioether (sulfide) groups is 1. The zero-order valence-corrected chi connectivity index (χ0v) is 20.5. The molecule has 0 aliphatic rings. The van der Waals surface area contributed by atoms with Crippen molar-refractivity contribution >= 4 is 28.4 Å². The third-order valence-corrected chi connectivity index (χ3v) is 6.59.